The van der Waals surface area contributed by atoms with Crippen LogP contribution in [0.3, 0.4) is 0 Å². The zero-order valence-corrected chi connectivity index (χ0v) is 17.8. The van der Waals surface area contributed by atoms with Crippen molar-refractivity contribution in [3.63, 3.8) is 0 Å². The summed E-state index contributed by atoms with van der Waals surface area (Å²) in [5.74, 6) is 0.424. The molecule has 0 saturated carbocycles. The molecule has 152 valence electrons. The van der Waals surface area contributed by atoms with Crippen molar-refractivity contribution in [1.82, 2.24) is 19.4 Å². The highest BCUT2D eigenvalue weighted by Crippen LogP contribution is 2.49. The van der Waals surface area contributed by atoms with Crippen LogP contribution >= 0.6 is 11.3 Å². The van der Waals surface area contributed by atoms with Gasteiger partial charge in [0.2, 0.25) is 5.91 Å². The third kappa shape index (κ3) is 3.51. The quantitative estimate of drug-likeness (QED) is 0.714. The highest BCUT2D eigenvalue weighted by Gasteiger charge is 2.57. The Balaban J connectivity index is 1.61. The van der Waals surface area contributed by atoms with Crippen molar-refractivity contribution < 1.29 is 9.53 Å². The van der Waals surface area contributed by atoms with Crippen LogP contribution in [0, 0.1) is 5.41 Å². The Kier molecular flexibility index (Phi) is 5.58. The fraction of sp³-hybridized carbons (Fsp3) is 0.619. The van der Waals surface area contributed by atoms with Crippen molar-refractivity contribution in [2.24, 2.45) is 5.41 Å². The second-order valence-corrected chi connectivity index (χ2v) is 9.16. The van der Waals surface area contributed by atoms with Crippen LogP contribution in [0.5, 0.6) is 0 Å². The minimum atomic E-state index is -0.361. The molecule has 0 unspecified atom stereocenters. The molecule has 0 aromatic carbocycles. The van der Waals surface area contributed by atoms with Crippen LogP contribution in [0.4, 0.5) is 0 Å². The lowest BCUT2D eigenvalue weighted by Crippen LogP contribution is -2.40. The van der Waals surface area contributed by atoms with Gasteiger partial charge in [0.05, 0.1) is 24.0 Å². The van der Waals surface area contributed by atoms with Crippen LogP contribution in [-0.4, -0.2) is 65.2 Å². The number of methoxy groups -OCH3 is 1. The molecule has 4 rings (SSSR count). The molecular weight excluding hydrogens is 372 g/mol. The summed E-state index contributed by atoms with van der Waals surface area (Å²) in [6.07, 6.45) is 4.96. The topological polar surface area (TPSA) is 50.6 Å². The van der Waals surface area contributed by atoms with Crippen molar-refractivity contribution in [2.45, 2.75) is 38.8 Å². The van der Waals surface area contributed by atoms with Gasteiger partial charge >= 0.3 is 0 Å². The number of carbonyl (C=O) groups is 1. The van der Waals surface area contributed by atoms with E-state index in [-0.39, 0.29) is 17.2 Å². The lowest BCUT2D eigenvalue weighted by atomic mass is 9.75. The molecule has 1 amide bonds. The normalized spacial score (nSPS) is 25.6. The minimum Gasteiger partial charge on any atom is -0.383 e. The number of hydrogen-bond acceptors (Lipinski definition) is 5. The molecule has 2 aliphatic rings. The number of carbonyl (C=O) groups excluding carboxylic acids is 1. The van der Waals surface area contributed by atoms with Gasteiger partial charge in [-0.3, -0.25) is 9.69 Å². The zero-order valence-electron chi connectivity index (χ0n) is 17.0. The molecule has 0 aliphatic carbocycles. The maximum atomic E-state index is 13.5. The summed E-state index contributed by atoms with van der Waals surface area (Å²) >= 11 is 1.73. The number of imidazole rings is 1. The number of thiophene rings is 1. The van der Waals surface area contributed by atoms with Gasteiger partial charge in [-0.05, 0) is 42.7 Å². The van der Waals surface area contributed by atoms with Gasteiger partial charge in [0.1, 0.15) is 0 Å². The Morgan fingerprint density at radius 3 is 2.96 bits per heavy atom. The number of ether oxygens (including phenoxy) is 1. The molecule has 0 N–H and O–H groups in total. The molecule has 2 aromatic heterocycles. The first-order valence-corrected chi connectivity index (χ1v) is 11.0. The van der Waals surface area contributed by atoms with E-state index in [0.29, 0.717) is 19.2 Å². The Bertz CT molecular complexity index is 803. The molecule has 2 fully saturated rings. The molecule has 1 spiro atoms. The lowest BCUT2D eigenvalue weighted by molar-refractivity contribution is -0.136. The molecule has 28 heavy (non-hydrogen) atoms. The summed E-state index contributed by atoms with van der Waals surface area (Å²) in [5, 5.41) is 4.32. The SMILES string of the molecule is COCCN1CC[C@]2(CN(Cc3ccsc3)C[C@H]2c2cn(C(C)C)cn2)C1=O. The van der Waals surface area contributed by atoms with Crippen molar-refractivity contribution in [3.8, 4) is 0 Å². The molecule has 0 radical (unpaired) electrons. The van der Waals surface area contributed by atoms with E-state index in [9.17, 15) is 4.79 Å². The van der Waals surface area contributed by atoms with Gasteiger partial charge in [0, 0.05) is 58.0 Å². The Labute approximate surface area is 171 Å². The highest BCUT2D eigenvalue weighted by atomic mass is 32.1. The van der Waals surface area contributed by atoms with Gasteiger partial charge in [0.25, 0.3) is 0 Å². The van der Waals surface area contributed by atoms with E-state index in [1.54, 1.807) is 18.4 Å². The minimum absolute atomic E-state index is 0.145. The molecule has 7 heteroatoms. The van der Waals surface area contributed by atoms with Gasteiger partial charge in [-0.25, -0.2) is 4.98 Å². The van der Waals surface area contributed by atoms with Crippen molar-refractivity contribution >= 4 is 17.2 Å². The Morgan fingerprint density at radius 1 is 1.43 bits per heavy atom. The van der Waals surface area contributed by atoms with Crippen LogP contribution in [-0.2, 0) is 16.1 Å². The average Bonchev–Trinajstić information content (AvgIpc) is 3.44. The molecule has 2 saturated heterocycles. The zero-order chi connectivity index (χ0) is 19.7. The predicted octanol–water partition coefficient (Wildman–Crippen LogP) is 2.99. The molecule has 2 atom stereocenters. The molecular formula is C21H30N4O2S. The lowest BCUT2D eigenvalue weighted by Gasteiger charge is -2.28. The van der Waals surface area contributed by atoms with Gasteiger partial charge in [-0.2, -0.15) is 11.3 Å². The predicted molar refractivity (Wildman–Crippen MR) is 110 cm³/mol. The second-order valence-electron chi connectivity index (χ2n) is 8.38. The van der Waals surface area contributed by atoms with E-state index in [4.69, 9.17) is 9.72 Å². The van der Waals surface area contributed by atoms with Crippen LogP contribution < -0.4 is 0 Å². The van der Waals surface area contributed by atoms with Crippen LogP contribution in [0.2, 0.25) is 0 Å². The number of rotatable bonds is 7. The first-order chi connectivity index (χ1) is 13.5. The fourth-order valence-corrected chi connectivity index (χ4v) is 5.36. The van der Waals surface area contributed by atoms with E-state index >= 15 is 0 Å². The number of likely N-dealkylation sites (tertiary alicyclic amines) is 2. The largest absolute Gasteiger partial charge is 0.383 e. The van der Waals surface area contributed by atoms with Gasteiger partial charge in [-0.1, -0.05) is 0 Å². The first-order valence-electron chi connectivity index (χ1n) is 10.1. The number of amides is 1. The van der Waals surface area contributed by atoms with E-state index in [1.165, 1.54) is 5.56 Å². The molecule has 6 nitrogen and oxygen atoms in total. The summed E-state index contributed by atoms with van der Waals surface area (Å²) in [7, 11) is 1.69. The van der Waals surface area contributed by atoms with Crippen molar-refractivity contribution in [1.29, 1.82) is 0 Å². The van der Waals surface area contributed by atoms with Gasteiger partial charge in [-0.15, -0.1) is 0 Å². The third-order valence-corrected chi connectivity index (χ3v) is 7.01. The maximum Gasteiger partial charge on any atom is 0.230 e. The fourth-order valence-electron chi connectivity index (χ4n) is 4.70. The summed E-state index contributed by atoms with van der Waals surface area (Å²) in [5.41, 5.74) is 2.03. The van der Waals surface area contributed by atoms with Crippen LogP contribution in [0.15, 0.2) is 29.4 Å². The third-order valence-electron chi connectivity index (χ3n) is 6.28. The number of hydrogen-bond donors (Lipinski definition) is 0. The first kappa shape index (κ1) is 19.6. The highest BCUT2D eigenvalue weighted by molar-refractivity contribution is 7.07. The van der Waals surface area contributed by atoms with E-state index < -0.39 is 0 Å². The summed E-state index contributed by atoms with van der Waals surface area (Å²) < 4.78 is 7.36. The van der Waals surface area contributed by atoms with Crippen LogP contribution in [0.1, 0.15) is 43.5 Å². The Morgan fingerprint density at radius 2 is 2.29 bits per heavy atom. The molecule has 4 heterocycles. The van der Waals surface area contributed by atoms with Gasteiger partial charge < -0.3 is 14.2 Å². The summed E-state index contributed by atoms with van der Waals surface area (Å²) in [4.78, 5) is 22.7. The van der Waals surface area contributed by atoms with Crippen LogP contribution in [0.25, 0.3) is 0 Å². The standard InChI is InChI=1S/C21H30N4O2S/c1-16(2)25-12-19(22-15-25)18-11-23(10-17-4-9-28-13-17)14-21(18)5-6-24(20(21)26)7-8-27-3/h4,9,12-13,15-16,18H,5-8,10-11,14H2,1-3H3/t18-,21+/m0/s1. The Hall–Kier alpha value is -1.70. The maximum absolute atomic E-state index is 13.5. The van der Waals surface area contributed by atoms with E-state index in [1.807, 2.05) is 11.2 Å². The second kappa shape index (κ2) is 7.97. The van der Waals surface area contributed by atoms with Gasteiger partial charge in [0.15, 0.2) is 0 Å². The number of aromatic nitrogens is 2. The van der Waals surface area contributed by atoms with E-state index in [0.717, 1.165) is 38.3 Å². The van der Waals surface area contributed by atoms with Crippen molar-refractivity contribution in [3.05, 3.63) is 40.6 Å². The molecule has 2 aliphatic heterocycles. The monoisotopic (exact) mass is 402 g/mol. The molecule has 2 aromatic rings. The van der Waals surface area contributed by atoms with E-state index in [2.05, 4.69) is 46.3 Å². The summed E-state index contributed by atoms with van der Waals surface area (Å²) in [6, 6.07) is 2.55. The van der Waals surface area contributed by atoms with Crippen molar-refractivity contribution in [2.75, 3.05) is 39.9 Å². The summed E-state index contributed by atoms with van der Waals surface area (Å²) in [6.45, 7) is 8.99. The number of nitrogens with zero attached hydrogens (tertiary/aromatic N) is 4. The molecule has 0 bridgehead atoms. The average molecular weight is 403 g/mol. The smallest absolute Gasteiger partial charge is 0.230 e.